The predicted octanol–water partition coefficient (Wildman–Crippen LogP) is 2.99. The number of rotatable bonds is 4. The van der Waals surface area contributed by atoms with Crippen molar-refractivity contribution < 1.29 is 4.74 Å². The van der Waals surface area contributed by atoms with Gasteiger partial charge in [-0.3, -0.25) is 4.98 Å². The molecule has 1 aromatic heterocycles. The number of pyridine rings is 1. The van der Waals surface area contributed by atoms with E-state index in [9.17, 15) is 0 Å². The molecule has 1 unspecified atom stereocenters. The summed E-state index contributed by atoms with van der Waals surface area (Å²) in [5.74, 6) is 0.715. The Kier molecular flexibility index (Phi) is 4.18. The van der Waals surface area contributed by atoms with Gasteiger partial charge in [0.15, 0.2) is 0 Å². The number of benzene rings is 1. The first-order chi connectivity index (χ1) is 8.70. The molecule has 2 N–H and O–H groups in total. The van der Waals surface area contributed by atoms with Crippen molar-refractivity contribution in [2.45, 2.75) is 12.5 Å². The molecule has 0 aliphatic carbocycles. The zero-order valence-electron chi connectivity index (χ0n) is 10.1. The summed E-state index contributed by atoms with van der Waals surface area (Å²) in [7, 11) is 1.62. The number of ether oxygens (including phenoxy) is 1. The Hall–Kier alpha value is -1.58. The van der Waals surface area contributed by atoms with E-state index in [0.717, 1.165) is 11.3 Å². The highest BCUT2D eigenvalue weighted by molar-refractivity contribution is 6.30. The van der Waals surface area contributed by atoms with E-state index in [1.165, 1.54) is 0 Å². The van der Waals surface area contributed by atoms with Gasteiger partial charge in [-0.1, -0.05) is 23.7 Å². The largest absolute Gasteiger partial charge is 0.495 e. The van der Waals surface area contributed by atoms with Gasteiger partial charge in [0.25, 0.3) is 0 Å². The molecule has 0 bridgehead atoms. The standard InChI is InChI=1S/C14H15ClN2O/c1-18-13-6-3-7-17-14(13)12(16)9-10-4-2-5-11(15)8-10/h2-8,12H,9,16H2,1H3. The van der Waals surface area contributed by atoms with Crippen molar-refractivity contribution in [2.24, 2.45) is 5.73 Å². The molecule has 1 aromatic carbocycles. The van der Waals surface area contributed by atoms with Gasteiger partial charge < -0.3 is 10.5 Å². The lowest BCUT2D eigenvalue weighted by Gasteiger charge is -2.14. The molecule has 2 aromatic rings. The zero-order chi connectivity index (χ0) is 13.0. The van der Waals surface area contributed by atoms with Crippen LogP contribution in [0.25, 0.3) is 0 Å². The van der Waals surface area contributed by atoms with Crippen LogP contribution < -0.4 is 10.5 Å². The summed E-state index contributed by atoms with van der Waals surface area (Å²) >= 11 is 5.95. The van der Waals surface area contributed by atoms with Crippen molar-refractivity contribution in [3.05, 3.63) is 58.9 Å². The maximum atomic E-state index is 6.17. The number of nitrogens with zero attached hydrogens (tertiary/aromatic N) is 1. The first-order valence-corrected chi connectivity index (χ1v) is 6.07. The van der Waals surface area contributed by atoms with Crippen molar-refractivity contribution in [1.29, 1.82) is 0 Å². The molecule has 0 saturated carbocycles. The van der Waals surface area contributed by atoms with Crippen LogP contribution in [0.1, 0.15) is 17.3 Å². The van der Waals surface area contributed by atoms with Crippen LogP contribution in [0.15, 0.2) is 42.6 Å². The van der Waals surface area contributed by atoms with Gasteiger partial charge >= 0.3 is 0 Å². The lowest BCUT2D eigenvalue weighted by Crippen LogP contribution is -2.16. The van der Waals surface area contributed by atoms with Crippen molar-refractivity contribution >= 4 is 11.6 Å². The first-order valence-electron chi connectivity index (χ1n) is 5.69. The molecule has 1 atom stereocenters. The van der Waals surface area contributed by atoms with Crippen LogP contribution in [0.3, 0.4) is 0 Å². The Morgan fingerprint density at radius 2 is 2.17 bits per heavy atom. The minimum Gasteiger partial charge on any atom is -0.495 e. The summed E-state index contributed by atoms with van der Waals surface area (Å²) < 4.78 is 5.26. The number of hydrogen-bond acceptors (Lipinski definition) is 3. The van der Waals surface area contributed by atoms with E-state index in [-0.39, 0.29) is 6.04 Å². The molecule has 4 heteroatoms. The molecule has 3 nitrogen and oxygen atoms in total. The van der Waals surface area contributed by atoms with Gasteiger partial charge in [0.1, 0.15) is 5.75 Å². The van der Waals surface area contributed by atoms with Gasteiger partial charge in [-0.15, -0.1) is 0 Å². The Morgan fingerprint density at radius 1 is 1.33 bits per heavy atom. The SMILES string of the molecule is COc1cccnc1C(N)Cc1cccc(Cl)c1. The number of hydrogen-bond donors (Lipinski definition) is 1. The zero-order valence-corrected chi connectivity index (χ0v) is 10.9. The Balaban J connectivity index is 2.19. The predicted molar refractivity (Wildman–Crippen MR) is 72.9 cm³/mol. The van der Waals surface area contributed by atoms with Crippen molar-refractivity contribution in [2.75, 3.05) is 7.11 Å². The molecule has 0 aliphatic heterocycles. The van der Waals surface area contributed by atoms with Crippen LogP contribution in [-0.2, 0) is 6.42 Å². The lowest BCUT2D eigenvalue weighted by atomic mass is 10.0. The molecule has 0 amide bonds. The van der Waals surface area contributed by atoms with Crippen LogP contribution in [0.4, 0.5) is 0 Å². The van der Waals surface area contributed by atoms with Crippen LogP contribution >= 0.6 is 11.6 Å². The molecule has 2 rings (SSSR count). The Morgan fingerprint density at radius 3 is 2.89 bits per heavy atom. The molecular formula is C14H15ClN2O. The van der Waals surface area contributed by atoms with E-state index in [4.69, 9.17) is 22.1 Å². The second-order valence-corrected chi connectivity index (χ2v) is 4.47. The summed E-state index contributed by atoms with van der Waals surface area (Å²) in [5, 5.41) is 0.715. The molecule has 0 fully saturated rings. The van der Waals surface area contributed by atoms with Gasteiger partial charge in [-0.2, -0.15) is 0 Å². The van der Waals surface area contributed by atoms with Crippen LogP contribution in [0.2, 0.25) is 5.02 Å². The quantitative estimate of drug-likeness (QED) is 0.922. The third kappa shape index (κ3) is 3.00. The monoisotopic (exact) mass is 262 g/mol. The normalized spacial score (nSPS) is 12.2. The minimum absolute atomic E-state index is 0.209. The minimum atomic E-state index is -0.209. The maximum absolute atomic E-state index is 6.17. The fourth-order valence-corrected chi connectivity index (χ4v) is 2.08. The topological polar surface area (TPSA) is 48.1 Å². The molecule has 0 saturated heterocycles. The highest BCUT2D eigenvalue weighted by Gasteiger charge is 2.13. The molecular weight excluding hydrogens is 248 g/mol. The number of aromatic nitrogens is 1. The van der Waals surface area contributed by atoms with E-state index in [1.54, 1.807) is 13.3 Å². The van der Waals surface area contributed by atoms with Crippen molar-refractivity contribution in [1.82, 2.24) is 4.98 Å². The Labute approximate surface area is 112 Å². The van der Waals surface area contributed by atoms with Gasteiger partial charge in [-0.25, -0.2) is 0 Å². The molecule has 18 heavy (non-hydrogen) atoms. The molecule has 1 heterocycles. The van der Waals surface area contributed by atoms with Crippen LogP contribution in [0.5, 0.6) is 5.75 Å². The van der Waals surface area contributed by atoms with Crippen molar-refractivity contribution in [3.63, 3.8) is 0 Å². The molecule has 0 radical (unpaired) electrons. The summed E-state index contributed by atoms with van der Waals surface area (Å²) in [6.45, 7) is 0. The number of nitrogens with two attached hydrogens (primary N) is 1. The average molecular weight is 263 g/mol. The summed E-state index contributed by atoms with van der Waals surface area (Å²) in [6, 6.07) is 11.2. The second-order valence-electron chi connectivity index (χ2n) is 4.03. The van der Waals surface area contributed by atoms with E-state index in [0.29, 0.717) is 17.2 Å². The molecule has 0 spiro atoms. The van der Waals surface area contributed by atoms with Gasteiger partial charge in [0, 0.05) is 11.2 Å². The highest BCUT2D eigenvalue weighted by Crippen LogP contribution is 2.24. The lowest BCUT2D eigenvalue weighted by molar-refractivity contribution is 0.401. The number of halogens is 1. The van der Waals surface area contributed by atoms with E-state index in [1.807, 2.05) is 36.4 Å². The summed E-state index contributed by atoms with van der Waals surface area (Å²) in [4.78, 5) is 4.29. The fourth-order valence-electron chi connectivity index (χ4n) is 1.87. The summed E-state index contributed by atoms with van der Waals surface area (Å²) in [5.41, 5.74) is 8.02. The van der Waals surface area contributed by atoms with Crippen molar-refractivity contribution in [3.8, 4) is 5.75 Å². The fraction of sp³-hybridized carbons (Fsp3) is 0.214. The third-order valence-corrected chi connectivity index (χ3v) is 2.95. The average Bonchev–Trinajstić information content (AvgIpc) is 2.38. The van der Waals surface area contributed by atoms with Gasteiger partial charge in [-0.05, 0) is 36.2 Å². The highest BCUT2D eigenvalue weighted by atomic mass is 35.5. The van der Waals surface area contributed by atoms with Gasteiger partial charge in [0.05, 0.1) is 18.8 Å². The van der Waals surface area contributed by atoms with E-state index in [2.05, 4.69) is 4.98 Å². The Bertz CT molecular complexity index is 531. The molecule has 94 valence electrons. The number of methoxy groups -OCH3 is 1. The van der Waals surface area contributed by atoms with Crippen LogP contribution in [-0.4, -0.2) is 12.1 Å². The van der Waals surface area contributed by atoms with Gasteiger partial charge in [0.2, 0.25) is 0 Å². The third-order valence-electron chi connectivity index (χ3n) is 2.72. The van der Waals surface area contributed by atoms with E-state index >= 15 is 0 Å². The molecule has 0 aliphatic rings. The summed E-state index contributed by atoms with van der Waals surface area (Å²) in [6.07, 6.45) is 2.39. The smallest absolute Gasteiger partial charge is 0.141 e. The maximum Gasteiger partial charge on any atom is 0.141 e. The first kappa shape index (κ1) is 12.9. The second kappa shape index (κ2) is 5.85. The van der Waals surface area contributed by atoms with Crippen LogP contribution in [0, 0.1) is 0 Å². The van der Waals surface area contributed by atoms with E-state index < -0.39 is 0 Å².